The highest BCUT2D eigenvalue weighted by Gasteiger charge is 2.32. The summed E-state index contributed by atoms with van der Waals surface area (Å²) in [5.41, 5.74) is -0.0308. The van der Waals surface area contributed by atoms with E-state index in [1.165, 1.54) is 7.11 Å². The lowest BCUT2D eigenvalue weighted by Crippen LogP contribution is -2.24. The number of pyridine rings is 1. The summed E-state index contributed by atoms with van der Waals surface area (Å²) in [5.74, 6) is 0.281. The maximum Gasteiger partial charge on any atom is 0.417 e. The smallest absolute Gasteiger partial charge is 0.417 e. The predicted molar refractivity (Wildman–Crippen MR) is 98.6 cm³/mol. The van der Waals surface area contributed by atoms with Gasteiger partial charge in [-0.25, -0.2) is 0 Å². The first-order valence-corrected chi connectivity index (χ1v) is 9.29. The number of amides is 1. The monoisotopic (exact) mass is 430 g/mol. The third-order valence-electron chi connectivity index (χ3n) is 3.76. The number of hydrogen-bond acceptors (Lipinski definition) is 5. The Kier molecular flexibility index (Phi) is 5.99. The number of aromatic nitrogens is 3. The van der Waals surface area contributed by atoms with Crippen LogP contribution in [0.3, 0.4) is 0 Å². The molecule has 0 aliphatic heterocycles. The summed E-state index contributed by atoms with van der Waals surface area (Å²) in [6.45, 7) is 0.258. The second-order valence-corrected chi connectivity index (χ2v) is 6.98. The number of fused-ring (bicyclic) bond motifs is 1. The zero-order valence-electron chi connectivity index (χ0n) is 14.5. The van der Waals surface area contributed by atoms with Gasteiger partial charge in [0.2, 0.25) is 5.91 Å². The largest absolute Gasteiger partial charge is 0.496 e. The Balaban J connectivity index is 1.68. The van der Waals surface area contributed by atoms with Gasteiger partial charge in [-0.2, -0.15) is 13.2 Å². The van der Waals surface area contributed by atoms with Gasteiger partial charge < -0.3 is 10.1 Å². The predicted octanol–water partition coefficient (Wildman–Crippen LogP) is 3.82. The molecule has 2 heterocycles. The molecule has 0 saturated heterocycles. The lowest BCUT2D eigenvalue weighted by molar-refractivity contribution is -0.137. The van der Waals surface area contributed by atoms with Gasteiger partial charge in [0.05, 0.1) is 23.4 Å². The van der Waals surface area contributed by atoms with Crippen LogP contribution in [0.5, 0.6) is 5.75 Å². The van der Waals surface area contributed by atoms with Crippen LogP contribution in [0.4, 0.5) is 13.2 Å². The lowest BCUT2D eigenvalue weighted by atomic mass is 10.2. The van der Waals surface area contributed by atoms with Crippen molar-refractivity contribution in [3.05, 3.63) is 52.7 Å². The van der Waals surface area contributed by atoms with Gasteiger partial charge >= 0.3 is 6.18 Å². The number of para-hydroxylation sites is 1. The Morgan fingerprint density at radius 3 is 2.79 bits per heavy atom. The minimum absolute atomic E-state index is 0.0518. The Morgan fingerprint density at radius 2 is 2.07 bits per heavy atom. The minimum Gasteiger partial charge on any atom is -0.496 e. The van der Waals surface area contributed by atoms with E-state index in [0.29, 0.717) is 5.75 Å². The van der Waals surface area contributed by atoms with E-state index in [4.69, 9.17) is 16.3 Å². The van der Waals surface area contributed by atoms with Crippen molar-refractivity contribution in [2.45, 2.75) is 17.9 Å². The first-order chi connectivity index (χ1) is 13.3. The Labute approximate surface area is 167 Å². The van der Waals surface area contributed by atoms with Crippen LogP contribution in [-0.4, -0.2) is 33.4 Å². The summed E-state index contributed by atoms with van der Waals surface area (Å²) < 4.78 is 45.3. The number of halogens is 4. The van der Waals surface area contributed by atoms with Crippen LogP contribution >= 0.6 is 23.4 Å². The van der Waals surface area contributed by atoms with Crippen molar-refractivity contribution in [2.24, 2.45) is 0 Å². The van der Waals surface area contributed by atoms with Crippen LogP contribution in [0, 0.1) is 0 Å². The molecule has 0 atom stereocenters. The van der Waals surface area contributed by atoms with Gasteiger partial charge in [0.25, 0.3) is 0 Å². The number of alkyl halides is 3. The van der Waals surface area contributed by atoms with E-state index in [1.807, 2.05) is 18.2 Å². The highest BCUT2D eigenvalue weighted by molar-refractivity contribution is 7.99. The summed E-state index contributed by atoms with van der Waals surface area (Å²) in [7, 11) is 1.53. The van der Waals surface area contributed by atoms with E-state index in [2.05, 4.69) is 15.5 Å². The summed E-state index contributed by atoms with van der Waals surface area (Å²) in [4.78, 5) is 12.1. The van der Waals surface area contributed by atoms with E-state index >= 15 is 0 Å². The molecule has 148 valence electrons. The van der Waals surface area contributed by atoms with Crippen molar-refractivity contribution in [2.75, 3.05) is 12.9 Å². The fourth-order valence-electron chi connectivity index (χ4n) is 2.41. The first kappa shape index (κ1) is 20.3. The summed E-state index contributed by atoms with van der Waals surface area (Å²) in [5, 5.41) is 10.3. The molecular weight excluding hydrogens is 417 g/mol. The van der Waals surface area contributed by atoms with Crippen molar-refractivity contribution < 1.29 is 22.7 Å². The van der Waals surface area contributed by atoms with E-state index < -0.39 is 11.7 Å². The van der Waals surface area contributed by atoms with Gasteiger partial charge in [-0.15, -0.1) is 10.2 Å². The van der Waals surface area contributed by atoms with Gasteiger partial charge in [-0.3, -0.25) is 9.20 Å². The quantitative estimate of drug-likeness (QED) is 0.602. The molecule has 28 heavy (non-hydrogen) atoms. The van der Waals surface area contributed by atoms with Gasteiger partial charge in [0.1, 0.15) is 5.75 Å². The van der Waals surface area contributed by atoms with E-state index in [0.717, 1.165) is 34.0 Å². The topological polar surface area (TPSA) is 68.5 Å². The molecule has 3 rings (SSSR count). The van der Waals surface area contributed by atoms with E-state index in [9.17, 15) is 18.0 Å². The molecule has 1 aromatic carbocycles. The van der Waals surface area contributed by atoms with Gasteiger partial charge in [0.15, 0.2) is 10.8 Å². The third kappa shape index (κ3) is 4.50. The zero-order chi connectivity index (χ0) is 20.3. The molecule has 3 aromatic rings. The molecule has 2 aromatic heterocycles. The van der Waals surface area contributed by atoms with Gasteiger partial charge in [-0.05, 0) is 12.1 Å². The zero-order valence-corrected chi connectivity index (χ0v) is 16.0. The molecule has 1 amide bonds. The molecule has 11 heteroatoms. The van der Waals surface area contributed by atoms with Crippen LogP contribution in [0.2, 0.25) is 5.02 Å². The van der Waals surface area contributed by atoms with Gasteiger partial charge in [-0.1, -0.05) is 41.6 Å². The number of methoxy groups -OCH3 is 1. The molecule has 0 unspecified atom stereocenters. The van der Waals surface area contributed by atoms with E-state index in [-0.39, 0.29) is 34.0 Å². The summed E-state index contributed by atoms with van der Waals surface area (Å²) >= 11 is 6.82. The number of nitrogens with one attached hydrogen (secondary N) is 1. The van der Waals surface area contributed by atoms with Crippen molar-refractivity contribution in [3.63, 3.8) is 0 Å². The van der Waals surface area contributed by atoms with Crippen LogP contribution in [0.25, 0.3) is 5.65 Å². The highest BCUT2D eigenvalue weighted by Crippen LogP contribution is 2.33. The number of carbonyl (C=O) groups is 1. The molecule has 0 spiro atoms. The summed E-state index contributed by atoms with van der Waals surface area (Å²) in [6.07, 6.45) is -3.70. The Hall–Kier alpha value is -2.46. The molecule has 1 N–H and O–H groups in total. The molecule has 0 radical (unpaired) electrons. The number of benzene rings is 1. The maximum absolute atomic E-state index is 13.0. The van der Waals surface area contributed by atoms with E-state index in [1.54, 1.807) is 6.07 Å². The standard InChI is InChI=1S/C17H14ClF3N4O2S/c1-27-13-5-3-2-4-10(13)7-22-14(26)9-28-16-24-23-15-12(18)6-11(8-25(15)16)17(19,20)21/h2-6,8H,7,9H2,1H3,(H,22,26). The van der Waals surface area contributed by atoms with Crippen molar-refractivity contribution in [1.29, 1.82) is 0 Å². The second kappa shape index (κ2) is 8.27. The number of carbonyl (C=O) groups excluding carboxylic acids is 1. The molecule has 0 aliphatic carbocycles. The molecule has 0 aliphatic rings. The fourth-order valence-corrected chi connectivity index (χ4v) is 3.40. The molecular formula is C17H14ClF3N4O2S. The molecule has 0 fully saturated rings. The maximum atomic E-state index is 13.0. The molecule has 6 nitrogen and oxygen atoms in total. The molecule has 0 saturated carbocycles. The average molecular weight is 431 g/mol. The molecule has 0 bridgehead atoms. The third-order valence-corrected chi connectivity index (χ3v) is 4.98. The Morgan fingerprint density at radius 1 is 1.32 bits per heavy atom. The van der Waals surface area contributed by atoms with Crippen LogP contribution in [-0.2, 0) is 17.5 Å². The first-order valence-electron chi connectivity index (χ1n) is 7.92. The number of rotatable bonds is 6. The number of ether oxygens (including phenoxy) is 1. The second-order valence-electron chi connectivity index (χ2n) is 5.63. The fraction of sp³-hybridized carbons (Fsp3) is 0.235. The highest BCUT2D eigenvalue weighted by atomic mass is 35.5. The minimum atomic E-state index is -4.56. The van der Waals surface area contributed by atoms with Crippen LogP contribution in [0.15, 0.2) is 41.7 Å². The SMILES string of the molecule is COc1ccccc1CNC(=O)CSc1nnc2c(Cl)cc(C(F)(F)F)cn12. The Bertz CT molecular complexity index is 1010. The number of hydrogen-bond donors (Lipinski definition) is 1. The summed E-state index contributed by atoms with van der Waals surface area (Å²) in [6, 6.07) is 8.03. The lowest BCUT2D eigenvalue weighted by Gasteiger charge is -2.10. The van der Waals surface area contributed by atoms with Crippen molar-refractivity contribution >= 4 is 34.9 Å². The average Bonchev–Trinajstić information content (AvgIpc) is 3.08. The van der Waals surface area contributed by atoms with Gasteiger partial charge in [0, 0.05) is 18.3 Å². The van der Waals surface area contributed by atoms with Crippen LogP contribution in [0.1, 0.15) is 11.1 Å². The normalized spacial score (nSPS) is 11.6. The van der Waals surface area contributed by atoms with Crippen molar-refractivity contribution in [1.82, 2.24) is 19.9 Å². The number of thioether (sulfide) groups is 1. The number of nitrogens with zero attached hydrogens (tertiary/aromatic N) is 3. The van der Waals surface area contributed by atoms with Crippen molar-refractivity contribution in [3.8, 4) is 5.75 Å². The van der Waals surface area contributed by atoms with Crippen LogP contribution < -0.4 is 10.1 Å².